The molecule has 1 saturated heterocycles. The van der Waals surface area contributed by atoms with E-state index in [4.69, 9.17) is 14.2 Å². The molecule has 1 rings (SSSR count). The molecule has 114 valence electrons. The molecular weight excluding hydrogens is 242 g/mol. The van der Waals surface area contributed by atoms with Crippen LogP contribution in [0.1, 0.15) is 39.5 Å². The zero-order valence-electron chi connectivity index (χ0n) is 13.1. The highest BCUT2D eigenvalue weighted by molar-refractivity contribution is 4.86. The third-order valence-electron chi connectivity index (χ3n) is 4.35. The predicted molar refractivity (Wildman–Crippen MR) is 77.6 cm³/mol. The highest BCUT2D eigenvalue weighted by Gasteiger charge is 2.34. The van der Waals surface area contributed by atoms with Gasteiger partial charge in [0.25, 0.3) is 0 Å². The Bertz CT molecular complexity index is 238. The molecule has 0 bridgehead atoms. The van der Waals surface area contributed by atoms with Gasteiger partial charge in [-0.25, -0.2) is 0 Å². The van der Waals surface area contributed by atoms with Crippen molar-refractivity contribution < 1.29 is 14.2 Å². The fourth-order valence-electron chi connectivity index (χ4n) is 2.52. The first-order chi connectivity index (χ1) is 9.04. The van der Waals surface area contributed by atoms with Crippen molar-refractivity contribution in [2.24, 2.45) is 5.41 Å². The third-order valence-corrected chi connectivity index (χ3v) is 4.35. The quantitative estimate of drug-likeness (QED) is 0.654. The lowest BCUT2D eigenvalue weighted by Crippen LogP contribution is -2.41. The smallest absolute Gasteiger partial charge is 0.0623 e. The highest BCUT2D eigenvalue weighted by Crippen LogP contribution is 2.37. The van der Waals surface area contributed by atoms with Gasteiger partial charge in [0.15, 0.2) is 0 Å². The van der Waals surface area contributed by atoms with E-state index in [0.29, 0.717) is 5.41 Å². The van der Waals surface area contributed by atoms with Gasteiger partial charge in [-0.3, -0.25) is 0 Å². The third kappa shape index (κ3) is 6.21. The van der Waals surface area contributed by atoms with Crippen molar-refractivity contribution in [2.75, 3.05) is 47.1 Å². The van der Waals surface area contributed by atoms with Gasteiger partial charge in [0.2, 0.25) is 0 Å². The maximum Gasteiger partial charge on any atom is 0.0623 e. The van der Waals surface area contributed by atoms with Crippen molar-refractivity contribution in [1.29, 1.82) is 0 Å². The summed E-state index contributed by atoms with van der Waals surface area (Å²) in [5.74, 6) is 0. The van der Waals surface area contributed by atoms with Crippen LogP contribution in [0.15, 0.2) is 0 Å². The summed E-state index contributed by atoms with van der Waals surface area (Å²) in [5, 5.41) is 3.53. The molecule has 4 heteroatoms. The lowest BCUT2D eigenvalue weighted by Gasteiger charge is -2.39. The Morgan fingerprint density at radius 3 is 2.47 bits per heavy atom. The van der Waals surface area contributed by atoms with Crippen molar-refractivity contribution >= 4 is 0 Å². The molecule has 0 spiro atoms. The van der Waals surface area contributed by atoms with E-state index in [9.17, 15) is 0 Å². The van der Waals surface area contributed by atoms with Gasteiger partial charge >= 0.3 is 0 Å². The van der Waals surface area contributed by atoms with Gasteiger partial charge in [-0.05, 0) is 44.9 Å². The molecule has 0 radical (unpaired) electrons. The summed E-state index contributed by atoms with van der Waals surface area (Å²) < 4.78 is 16.2. The van der Waals surface area contributed by atoms with Gasteiger partial charge in [-0.2, -0.15) is 0 Å². The number of methoxy groups -OCH3 is 2. The fraction of sp³-hybridized carbons (Fsp3) is 1.00. The molecule has 19 heavy (non-hydrogen) atoms. The molecule has 1 N–H and O–H groups in total. The largest absolute Gasteiger partial charge is 0.383 e. The van der Waals surface area contributed by atoms with Gasteiger partial charge < -0.3 is 19.5 Å². The Kier molecular flexibility index (Phi) is 7.29. The lowest BCUT2D eigenvalue weighted by atomic mass is 9.74. The Balaban J connectivity index is 2.45. The van der Waals surface area contributed by atoms with Crippen molar-refractivity contribution in [3.05, 3.63) is 0 Å². The van der Waals surface area contributed by atoms with Crippen LogP contribution in [-0.4, -0.2) is 52.7 Å². The van der Waals surface area contributed by atoms with Crippen LogP contribution in [0.3, 0.4) is 0 Å². The van der Waals surface area contributed by atoms with E-state index in [1.54, 1.807) is 14.2 Å². The van der Waals surface area contributed by atoms with E-state index in [1.165, 1.54) is 6.42 Å². The molecule has 1 fully saturated rings. The Morgan fingerprint density at radius 1 is 1.21 bits per heavy atom. The van der Waals surface area contributed by atoms with Gasteiger partial charge in [0.05, 0.1) is 12.2 Å². The number of rotatable bonds is 9. The van der Waals surface area contributed by atoms with E-state index < -0.39 is 0 Å². The topological polar surface area (TPSA) is 39.7 Å². The van der Waals surface area contributed by atoms with E-state index >= 15 is 0 Å². The molecule has 1 aliphatic rings. The van der Waals surface area contributed by atoms with Gasteiger partial charge in [0, 0.05) is 40.5 Å². The van der Waals surface area contributed by atoms with Crippen molar-refractivity contribution in [3.63, 3.8) is 0 Å². The van der Waals surface area contributed by atoms with Crippen LogP contribution in [0.5, 0.6) is 0 Å². The van der Waals surface area contributed by atoms with Crippen LogP contribution in [0.2, 0.25) is 0 Å². The molecule has 0 aromatic carbocycles. The normalized spacial score (nSPS) is 19.6. The van der Waals surface area contributed by atoms with Crippen molar-refractivity contribution in [2.45, 2.75) is 45.1 Å². The molecular formula is C15H31NO3. The zero-order chi connectivity index (χ0) is 14.2. The summed E-state index contributed by atoms with van der Waals surface area (Å²) in [7, 11) is 3.54. The standard InChI is InChI=1S/C15H31NO3/c1-14(2,18-4)5-6-15(7-10-19-11-8-15)13-16-9-12-17-3/h16H,5-13H2,1-4H3. The summed E-state index contributed by atoms with van der Waals surface area (Å²) in [4.78, 5) is 0. The minimum absolute atomic E-state index is 0.0299. The molecule has 0 aromatic heterocycles. The molecule has 0 amide bonds. The molecule has 0 aromatic rings. The van der Waals surface area contributed by atoms with E-state index in [0.717, 1.165) is 52.2 Å². The fourth-order valence-corrected chi connectivity index (χ4v) is 2.52. The number of hydrogen-bond donors (Lipinski definition) is 1. The number of nitrogens with one attached hydrogen (secondary N) is 1. The second-order valence-electron chi connectivity index (χ2n) is 6.25. The summed E-state index contributed by atoms with van der Waals surface area (Å²) in [6, 6.07) is 0. The summed E-state index contributed by atoms with van der Waals surface area (Å²) in [6.07, 6.45) is 4.58. The van der Waals surface area contributed by atoms with Crippen LogP contribution < -0.4 is 5.32 Å². The molecule has 0 atom stereocenters. The van der Waals surface area contributed by atoms with Crippen LogP contribution >= 0.6 is 0 Å². The average molecular weight is 273 g/mol. The minimum atomic E-state index is -0.0299. The molecule has 1 heterocycles. The first-order valence-corrected chi connectivity index (χ1v) is 7.36. The summed E-state index contributed by atoms with van der Waals surface area (Å²) >= 11 is 0. The van der Waals surface area contributed by atoms with Gasteiger partial charge in [-0.1, -0.05) is 0 Å². The van der Waals surface area contributed by atoms with Crippen LogP contribution in [-0.2, 0) is 14.2 Å². The number of ether oxygens (including phenoxy) is 3. The van der Waals surface area contributed by atoms with E-state index in [1.807, 2.05) is 0 Å². The summed E-state index contributed by atoms with van der Waals surface area (Å²) in [5.41, 5.74) is 0.333. The Morgan fingerprint density at radius 2 is 1.89 bits per heavy atom. The molecule has 0 saturated carbocycles. The first-order valence-electron chi connectivity index (χ1n) is 7.36. The van der Waals surface area contributed by atoms with E-state index in [-0.39, 0.29) is 5.60 Å². The monoisotopic (exact) mass is 273 g/mol. The Hall–Kier alpha value is -0.160. The van der Waals surface area contributed by atoms with Crippen LogP contribution in [0, 0.1) is 5.41 Å². The molecule has 1 aliphatic heterocycles. The molecule has 0 unspecified atom stereocenters. The van der Waals surface area contributed by atoms with Crippen LogP contribution in [0.4, 0.5) is 0 Å². The highest BCUT2D eigenvalue weighted by atomic mass is 16.5. The first kappa shape index (κ1) is 16.9. The Labute approximate surface area is 118 Å². The SMILES string of the molecule is COCCNCC1(CCC(C)(C)OC)CCOCC1. The predicted octanol–water partition coefficient (Wildman–Crippen LogP) is 2.22. The minimum Gasteiger partial charge on any atom is -0.383 e. The second-order valence-corrected chi connectivity index (χ2v) is 6.25. The maximum atomic E-state index is 5.55. The van der Waals surface area contributed by atoms with Crippen LogP contribution in [0.25, 0.3) is 0 Å². The van der Waals surface area contributed by atoms with Gasteiger partial charge in [0.1, 0.15) is 0 Å². The molecule has 0 aliphatic carbocycles. The zero-order valence-corrected chi connectivity index (χ0v) is 13.1. The maximum absolute atomic E-state index is 5.55. The molecule has 4 nitrogen and oxygen atoms in total. The van der Waals surface area contributed by atoms with Crippen molar-refractivity contribution in [3.8, 4) is 0 Å². The summed E-state index contributed by atoms with van der Waals surface area (Å²) in [6.45, 7) is 8.86. The number of hydrogen-bond acceptors (Lipinski definition) is 4. The van der Waals surface area contributed by atoms with E-state index in [2.05, 4.69) is 19.2 Å². The van der Waals surface area contributed by atoms with Crippen molar-refractivity contribution in [1.82, 2.24) is 5.32 Å². The average Bonchev–Trinajstić information content (AvgIpc) is 2.43. The van der Waals surface area contributed by atoms with Gasteiger partial charge in [-0.15, -0.1) is 0 Å². The lowest BCUT2D eigenvalue weighted by molar-refractivity contribution is -0.0248. The second kappa shape index (κ2) is 8.20.